The lowest BCUT2D eigenvalue weighted by molar-refractivity contribution is -0.114. The molecular formula is C20H26N2O3. The predicted molar refractivity (Wildman–Crippen MR) is 102 cm³/mol. The number of carbonyl (C=O) groups is 1. The Bertz CT molecular complexity index is 719. The van der Waals surface area contributed by atoms with Crippen molar-refractivity contribution in [1.29, 1.82) is 0 Å². The Kier molecular flexibility index (Phi) is 5.91. The molecule has 5 heteroatoms. The lowest BCUT2D eigenvalue weighted by atomic mass is 9.87. The Morgan fingerprint density at radius 3 is 2.08 bits per heavy atom. The first-order valence-corrected chi connectivity index (χ1v) is 8.20. The van der Waals surface area contributed by atoms with Crippen LogP contribution in [0.3, 0.4) is 0 Å². The summed E-state index contributed by atoms with van der Waals surface area (Å²) in [6.45, 7) is 6.70. The van der Waals surface area contributed by atoms with Gasteiger partial charge in [-0.1, -0.05) is 32.9 Å². The van der Waals surface area contributed by atoms with Crippen molar-refractivity contribution >= 4 is 17.3 Å². The van der Waals surface area contributed by atoms with Crippen molar-refractivity contribution in [2.24, 2.45) is 0 Å². The molecule has 0 atom stereocenters. The minimum atomic E-state index is -0.132. The highest BCUT2D eigenvalue weighted by atomic mass is 16.5. The van der Waals surface area contributed by atoms with Crippen LogP contribution in [-0.4, -0.2) is 26.7 Å². The van der Waals surface area contributed by atoms with Crippen molar-refractivity contribution < 1.29 is 14.3 Å². The minimum Gasteiger partial charge on any atom is -0.493 e. The summed E-state index contributed by atoms with van der Waals surface area (Å²) < 4.78 is 10.4. The molecule has 2 aromatic carbocycles. The smallest absolute Gasteiger partial charge is 0.243 e. The van der Waals surface area contributed by atoms with E-state index in [0.717, 1.165) is 5.69 Å². The molecule has 0 saturated carbocycles. The lowest BCUT2D eigenvalue weighted by Crippen LogP contribution is -2.21. The molecule has 0 spiro atoms. The van der Waals surface area contributed by atoms with Gasteiger partial charge in [0.25, 0.3) is 0 Å². The maximum atomic E-state index is 12.1. The van der Waals surface area contributed by atoms with E-state index in [9.17, 15) is 4.79 Å². The highest BCUT2D eigenvalue weighted by Crippen LogP contribution is 2.29. The number of benzene rings is 2. The van der Waals surface area contributed by atoms with Gasteiger partial charge in [0.05, 0.1) is 20.8 Å². The van der Waals surface area contributed by atoms with E-state index < -0.39 is 0 Å². The molecular weight excluding hydrogens is 316 g/mol. The van der Waals surface area contributed by atoms with Crippen molar-refractivity contribution in [3.63, 3.8) is 0 Å². The molecule has 2 N–H and O–H groups in total. The third-order valence-corrected chi connectivity index (χ3v) is 3.87. The first-order valence-electron chi connectivity index (χ1n) is 8.20. The first-order chi connectivity index (χ1) is 11.8. The molecule has 134 valence electrons. The Balaban J connectivity index is 1.92. The van der Waals surface area contributed by atoms with Crippen LogP contribution >= 0.6 is 0 Å². The highest BCUT2D eigenvalue weighted by molar-refractivity contribution is 5.94. The summed E-state index contributed by atoms with van der Waals surface area (Å²) in [7, 11) is 3.14. The number of hydrogen-bond donors (Lipinski definition) is 2. The van der Waals surface area contributed by atoms with Gasteiger partial charge in [0.15, 0.2) is 11.5 Å². The fourth-order valence-corrected chi connectivity index (χ4v) is 2.39. The number of carbonyl (C=O) groups excluding carboxylic acids is 1. The van der Waals surface area contributed by atoms with Crippen LogP contribution in [0.1, 0.15) is 26.3 Å². The van der Waals surface area contributed by atoms with Crippen molar-refractivity contribution in [1.82, 2.24) is 0 Å². The van der Waals surface area contributed by atoms with E-state index in [0.29, 0.717) is 17.2 Å². The highest BCUT2D eigenvalue weighted by Gasteiger charge is 2.13. The SMILES string of the molecule is COc1ccc(NC(=O)CNc2ccc(C(C)(C)C)cc2)cc1OC. The zero-order valence-electron chi connectivity index (χ0n) is 15.5. The third kappa shape index (κ3) is 5.14. The summed E-state index contributed by atoms with van der Waals surface area (Å²) >= 11 is 0. The topological polar surface area (TPSA) is 59.6 Å². The fourth-order valence-electron chi connectivity index (χ4n) is 2.39. The molecule has 0 unspecified atom stereocenters. The van der Waals surface area contributed by atoms with E-state index in [-0.39, 0.29) is 17.9 Å². The minimum absolute atomic E-state index is 0.114. The van der Waals surface area contributed by atoms with E-state index in [2.05, 4.69) is 43.5 Å². The van der Waals surface area contributed by atoms with Gasteiger partial charge >= 0.3 is 0 Å². The van der Waals surface area contributed by atoms with Crippen molar-refractivity contribution in [2.45, 2.75) is 26.2 Å². The van der Waals surface area contributed by atoms with Crippen molar-refractivity contribution in [3.05, 3.63) is 48.0 Å². The second-order valence-electron chi connectivity index (χ2n) is 6.80. The number of amides is 1. The predicted octanol–water partition coefficient (Wildman–Crippen LogP) is 4.05. The third-order valence-electron chi connectivity index (χ3n) is 3.87. The van der Waals surface area contributed by atoms with Crippen LogP contribution in [0.2, 0.25) is 0 Å². The summed E-state index contributed by atoms with van der Waals surface area (Å²) in [6, 6.07) is 13.4. The molecule has 0 saturated heterocycles. The number of nitrogens with one attached hydrogen (secondary N) is 2. The van der Waals surface area contributed by atoms with Crippen LogP contribution in [0.15, 0.2) is 42.5 Å². The zero-order chi connectivity index (χ0) is 18.4. The van der Waals surface area contributed by atoms with Crippen LogP contribution < -0.4 is 20.1 Å². The van der Waals surface area contributed by atoms with E-state index in [1.165, 1.54) is 5.56 Å². The number of ether oxygens (including phenoxy) is 2. The first kappa shape index (κ1) is 18.6. The molecule has 0 aliphatic carbocycles. The van der Waals surface area contributed by atoms with Crippen molar-refractivity contribution in [3.8, 4) is 11.5 Å². The Morgan fingerprint density at radius 2 is 1.52 bits per heavy atom. The van der Waals surface area contributed by atoms with Crippen molar-refractivity contribution in [2.75, 3.05) is 31.4 Å². The van der Waals surface area contributed by atoms with Gasteiger partial charge in [-0.3, -0.25) is 4.79 Å². The molecule has 0 bridgehead atoms. The van der Waals surface area contributed by atoms with Gasteiger partial charge in [0.1, 0.15) is 0 Å². The maximum Gasteiger partial charge on any atom is 0.243 e. The summed E-state index contributed by atoms with van der Waals surface area (Å²) in [4.78, 5) is 12.1. The number of anilines is 2. The summed E-state index contributed by atoms with van der Waals surface area (Å²) in [5.74, 6) is 1.07. The number of methoxy groups -OCH3 is 2. The van der Waals surface area contributed by atoms with Gasteiger partial charge in [0, 0.05) is 17.4 Å². The zero-order valence-corrected chi connectivity index (χ0v) is 15.5. The lowest BCUT2D eigenvalue weighted by Gasteiger charge is -2.19. The molecule has 0 radical (unpaired) electrons. The van der Waals surface area contributed by atoms with E-state index in [1.807, 2.05) is 12.1 Å². The average molecular weight is 342 g/mol. The normalized spacial score (nSPS) is 10.9. The molecule has 2 aromatic rings. The second-order valence-corrected chi connectivity index (χ2v) is 6.80. The summed E-state index contributed by atoms with van der Waals surface area (Å²) in [5.41, 5.74) is 2.94. The number of hydrogen-bond acceptors (Lipinski definition) is 4. The number of rotatable bonds is 6. The summed E-state index contributed by atoms with van der Waals surface area (Å²) in [6.07, 6.45) is 0. The van der Waals surface area contributed by atoms with Gasteiger partial charge in [-0.05, 0) is 35.2 Å². The maximum absolute atomic E-state index is 12.1. The largest absolute Gasteiger partial charge is 0.493 e. The monoisotopic (exact) mass is 342 g/mol. The van der Waals surface area contributed by atoms with Gasteiger partial charge in [-0.15, -0.1) is 0 Å². The molecule has 0 heterocycles. The van der Waals surface area contributed by atoms with Crippen LogP contribution in [0.4, 0.5) is 11.4 Å². The molecule has 25 heavy (non-hydrogen) atoms. The van der Waals surface area contributed by atoms with Crippen LogP contribution in [0, 0.1) is 0 Å². The standard InChI is InChI=1S/C20H26N2O3/c1-20(2,3)14-6-8-15(9-7-14)21-13-19(23)22-16-10-11-17(24-4)18(12-16)25-5/h6-12,21H,13H2,1-5H3,(H,22,23). The molecule has 0 aromatic heterocycles. The van der Waals surface area contributed by atoms with E-state index >= 15 is 0 Å². The molecule has 2 rings (SSSR count). The van der Waals surface area contributed by atoms with Gasteiger partial charge in [-0.2, -0.15) is 0 Å². The Hall–Kier alpha value is -2.69. The molecule has 0 aliphatic rings. The van der Waals surface area contributed by atoms with E-state index in [4.69, 9.17) is 9.47 Å². The van der Waals surface area contributed by atoms with Gasteiger partial charge in [-0.25, -0.2) is 0 Å². The molecule has 0 aliphatic heterocycles. The van der Waals surface area contributed by atoms with Crippen LogP contribution in [0.25, 0.3) is 0 Å². The van der Waals surface area contributed by atoms with Gasteiger partial charge in [0.2, 0.25) is 5.91 Å². The van der Waals surface area contributed by atoms with Gasteiger partial charge < -0.3 is 20.1 Å². The molecule has 0 fully saturated rings. The Labute approximate surface area is 149 Å². The second kappa shape index (κ2) is 7.92. The molecule has 5 nitrogen and oxygen atoms in total. The quantitative estimate of drug-likeness (QED) is 0.831. The molecule has 1 amide bonds. The summed E-state index contributed by atoms with van der Waals surface area (Å²) in [5, 5.41) is 5.96. The average Bonchev–Trinajstić information content (AvgIpc) is 2.59. The fraction of sp³-hybridized carbons (Fsp3) is 0.350. The van der Waals surface area contributed by atoms with Crippen LogP contribution in [0.5, 0.6) is 11.5 Å². The Morgan fingerprint density at radius 1 is 0.920 bits per heavy atom. The van der Waals surface area contributed by atoms with Crippen LogP contribution in [-0.2, 0) is 10.2 Å². The van der Waals surface area contributed by atoms with E-state index in [1.54, 1.807) is 32.4 Å².